The number of ether oxygens (including phenoxy) is 1. The smallest absolute Gasteiger partial charge is 0.257 e. The average molecular weight is 346 g/mol. The van der Waals surface area contributed by atoms with Crippen molar-refractivity contribution in [1.29, 1.82) is 0 Å². The first-order chi connectivity index (χ1) is 12.0. The topological polar surface area (TPSA) is 58.6 Å². The van der Waals surface area contributed by atoms with Crippen molar-refractivity contribution >= 4 is 11.8 Å². The average Bonchev–Trinajstić information content (AvgIpc) is 3.14. The Balaban J connectivity index is 1.34. The normalized spacial score (nSPS) is 28.1. The fraction of sp³-hybridized carbons (Fsp3) is 0.579. The van der Waals surface area contributed by atoms with E-state index in [0.717, 1.165) is 19.3 Å². The number of hydrogen-bond acceptors (Lipinski definition) is 3. The van der Waals surface area contributed by atoms with Crippen LogP contribution in [0.1, 0.15) is 41.6 Å². The van der Waals surface area contributed by atoms with E-state index in [2.05, 4.69) is 5.32 Å². The van der Waals surface area contributed by atoms with Gasteiger partial charge in [0, 0.05) is 25.0 Å². The highest BCUT2D eigenvalue weighted by atomic mass is 19.1. The van der Waals surface area contributed by atoms with E-state index in [4.69, 9.17) is 4.74 Å². The van der Waals surface area contributed by atoms with Crippen LogP contribution in [0.3, 0.4) is 0 Å². The Kier molecular flexibility index (Phi) is 4.23. The predicted octanol–water partition coefficient (Wildman–Crippen LogP) is 2.03. The third-order valence-corrected chi connectivity index (χ3v) is 5.39. The van der Waals surface area contributed by atoms with Gasteiger partial charge in [-0.3, -0.25) is 9.59 Å². The van der Waals surface area contributed by atoms with Crippen LogP contribution in [0.4, 0.5) is 4.39 Å². The van der Waals surface area contributed by atoms with Crippen LogP contribution in [0, 0.1) is 18.7 Å². The van der Waals surface area contributed by atoms with E-state index in [1.54, 1.807) is 24.0 Å². The summed E-state index contributed by atoms with van der Waals surface area (Å²) in [6.45, 7) is 2.79. The first kappa shape index (κ1) is 16.5. The monoisotopic (exact) mass is 346 g/mol. The summed E-state index contributed by atoms with van der Waals surface area (Å²) in [4.78, 5) is 26.3. The van der Waals surface area contributed by atoms with Crippen molar-refractivity contribution in [2.24, 2.45) is 5.92 Å². The number of aryl methyl sites for hydroxylation is 1. The molecule has 0 aromatic heterocycles. The number of halogens is 1. The summed E-state index contributed by atoms with van der Waals surface area (Å²) in [6.07, 6.45) is 3.22. The molecule has 2 saturated heterocycles. The quantitative estimate of drug-likeness (QED) is 0.908. The molecule has 1 saturated carbocycles. The summed E-state index contributed by atoms with van der Waals surface area (Å²) < 4.78 is 20.0. The minimum atomic E-state index is -0.474. The molecule has 0 spiro atoms. The van der Waals surface area contributed by atoms with Crippen LogP contribution < -0.4 is 5.32 Å². The van der Waals surface area contributed by atoms with Crippen molar-refractivity contribution in [2.45, 2.75) is 50.9 Å². The zero-order chi connectivity index (χ0) is 17.6. The second-order valence-electron chi connectivity index (χ2n) is 7.48. The molecule has 3 atom stereocenters. The Labute approximate surface area is 146 Å². The second-order valence-corrected chi connectivity index (χ2v) is 7.48. The Morgan fingerprint density at radius 3 is 2.80 bits per heavy atom. The lowest BCUT2D eigenvalue weighted by atomic mass is 10.0. The molecule has 25 heavy (non-hydrogen) atoms. The molecular formula is C19H23FN2O3. The molecule has 2 amide bonds. The van der Waals surface area contributed by atoms with Crippen LogP contribution in [0.5, 0.6) is 0 Å². The number of benzene rings is 1. The van der Waals surface area contributed by atoms with Crippen LogP contribution in [-0.2, 0) is 9.53 Å². The standard InChI is InChI=1S/C19H23FN2O3/c1-11-3-2-4-15(20)18(11)19(24)22-9-12-7-14(25-16(12)10-22)8-17(23)21-13-5-6-13/h2-4,12-14,16H,5-10H2,1H3,(H,21,23)/t12-,14-,16+/m0/s1. The molecule has 3 aliphatic rings. The van der Waals surface area contributed by atoms with Crippen molar-refractivity contribution in [3.8, 4) is 0 Å². The van der Waals surface area contributed by atoms with Crippen molar-refractivity contribution < 1.29 is 18.7 Å². The predicted molar refractivity (Wildman–Crippen MR) is 89.6 cm³/mol. The third-order valence-electron chi connectivity index (χ3n) is 5.39. The Morgan fingerprint density at radius 1 is 1.32 bits per heavy atom. The van der Waals surface area contributed by atoms with Crippen LogP contribution in [0.25, 0.3) is 0 Å². The second kappa shape index (κ2) is 6.41. The van der Waals surface area contributed by atoms with Crippen LogP contribution in [0.2, 0.25) is 0 Å². The van der Waals surface area contributed by atoms with Crippen molar-refractivity contribution in [2.75, 3.05) is 13.1 Å². The van der Waals surface area contributed by atoms with Gasteiger partial charge in [0.15, 0.2) is 0 Å². The lowest BCUT2D eigenvalue weighted by Crippen LogP contribution is -2.34. The summed E-state index contributed by atoms with van der Waals surface area (Å²) >= 11 is 0. The zero-order valence-corrected chi connectivity index (χ0v) is 14.3. The zero-order valence-electron chi connectivity index (χ0n) is 14.3. The van der Waals surface area contributed by atoms with E-state index in [0.29, 0.717) is 31.1 Å². The van der Waals surface area contributed by atoms with Crippen LogP contribution >= 0.6 is 0 Å². The molecule has 0 unspecified atom stereocenters. The summed E-state index contributed by atoms with van der Waals surface area (Å²) in [5.41, 5.74) is 0.806. The molecule has 1 aromatic carbocycles. The summed E-state index contributed by atoms with van der Waals surface area (Å²) in [5, 5.41) is 2.98. The molecule has 134 valence electrons. The number of carbonyl (C=O) groups excluding carboxylic acids is 2. The van der Waals surface area contributed by atoms with Crippen molar-refractivity contribution in [1.82, 2.24) is 10.2 Å². The van der Waals surface area contributed by atoms with E-state index in [1.807, 2.05) is 0 Å². The molecular weight excluding hydrogens is 323 g/mol. The summed E-state index contributed by atoms with van der Waals surface area (Å²) in [7, 11) is 0. The maximum atomic E-state index is 14.0. The van der Waals surface area contributed by atoms with E-state index in [9.17, 15) is 14.0 Å². The number of nitrogens with one attached hydrogen (secondary N) is 1. The SMILES string of the molecule is Cc1cccc(F)c1C(=O)N1C[C@@H]2C[C@@H](CC(=O)NC3CC3)O[C@@H]2C1. The largest absolute Gasteiger partial charge is 0.372 e. The molecule has 3 fully saturated rings. The summed E-state index contributed by atoms with van der Waals surface area (Å²) in [5.74, 6) is -0.452. The number of nitrogens with zero attached hydrogens (tertiary/aromatic N) is 1. The highest BCUT2D eigenvalue weighted by Gasteiger charge is 2.44. The Hall–Kier alpha value is -1.95. The van der Waals surface area contributed by atoms with Gasteiger partial charge in [-0.1, -0.05) is 12.1 Å². The Morgan fingerprint density at radius 2 is 2.12 bits per heavy atom. The van der Waals surface area contributed by atoms with Gasteiger partial charge in [0.2, 0.25) is 5.91 Å². The first-order valence-electron chi connectivity index (χ1n) is 9.00. The lowest BCUT2D eigenvalue weighted by Gasteiger charge is -2.20. The molecule has 2 heterocycles. The van der Waals surface area contributed by atoms with E-state index in [-0.39, 0.29) is 35.5 Å². The van der Waals surface area contributed by atoms with Gasteiger partial charge in [0.05, 0.1) is 24.2 Å². The number of amides is 2. The number of rotatable bonds is 4. The summed E-state index contributed by atoms with van der Waals surface area (Å²) in [6, 6.07) is 5.05. The van der Waals surface area contributed by atoms with Gasteiger partial charge in [0.25, 0.3) is 5.91 Å². The molecule has 0 radical (unpaired) electrons. The molecule has 1 aliphatic carbocycles. The Bertz CT molecular complexity index is 670. The number of hydrogen-bond donors (Lipinski definition) is 1. The van der Waals surface area contributed by atoms with Gasteiger partial charge in [-0.05, 0) is 37.8 Å². The molecule has 1 N–H and O–H groups in total. The van der Waals surface area contributed by atoms with Gasteiger partial charge in [-0.25, -0.2) is 4.39 Å². The molecule has 5 nitrogen and oxygen atoms in total. The number of carbonyl (C=O) groups is 2. The van der Waals surface area contributed by atoms with Gasteiger partial charge in [0.1, 0.15) is 5.82 Å². The number of likely N-dealkylation sites (tertiary alicyclic amines) is 1. The maximum absolute atomic E-state index is 14.0. The fourth-order valence-electron chi connectivity index (χ4n) is 3.94. The highest BCUT2D eigenvalue weighted by Crippen LogP contribution is 2.35. The van der Waals surface area contributed by atoms with Gasteiger partial charge in [-0.15, -0.1) is 0 Å². The van der Waals surface area contributed by atoms with Crippen LogP contribution in [-0.4, -0.2) is 48.1 Å². The molecule has 6 heteroatoms. The van der Waals surface area contributed by atoms with Gasteiger partial charge >= 0.3 is 0 Å². The van der Waals surface area contributed by atoms with E-state index in [1.165, 1.54) is 6.07 Å². The maximum Gasteiger partial charge on any atom is 0.257 e. The molecule has 1 aromatic rings. The van der Waals surface area contributed by atoms with Crippen LogP contribution in [0.15, 0.2) is 18.2 Å². The van der Waals surface area contributed by atoms with E-state index >= 15 is 0 Å². The van der Waals surface area contributed by atoms with E-state index < -0.39 is 5.82 Å². The van der Waals surface area contributed by atoms with Gasteiger partial charge < -0.3 is 15.0 Å². The fourth-order valence-corrected chi connectivity index (χ4v) is 3.94. The van der Waals surface area contributed by atoms with Crippen molar-refractivity contribution in [3.05, 3.63) is 35.1 Å². The first-order valence-corrected chi connectivity index (χ1v) is 9.00. The number of fused-ring (bicyclic) bond motifs is 1. The van der Waals surface area contributed by atoms with Crippen molar-refractivity contribution in [3.63, 3.8) is 0 Å². The van der Waals surface area contributed by atoms with Gasteiger partial charge in [-0.2, -0.15) is 0 Å². The third kappa shape index (κ3) is 3.40. The minimum absolute atomic E-state index is 0.0465. The molecule has 0 bridgehead atoms. The highest BCUT2D eigenvalue weighted by molar-refractivity contribution is 5.96. The molecule has 2 aliphatic heterocycles. The molecule has 4 rings (SSSR count). The minimum Gasteiger partial charge on any atom is -0.372 e. The lowest BCUT2D eigenvalue weighted by molar-refractivity contribution is -0.123.